The van der Waals surface area contributed by atoms with E-state index in [9.17, 15) is 4.79 Å². The van der Waals surface area contributed by atoms with Gasteiger partial charge in [-0.3, -0.25) is 4.79 Å². The van der Waals surface area contributed by atoms with Gasteiger partial charge in [-0.25, -0.2) is 9.67 Å². The van der Waals surface area contributed by atoms with Crippen molar-refractivity contribution in [3.63, 3.8) is 0 Å². The highest BCUT2D eigenvalue weighted by Gasteiger charge is 2.50. The van der Waals surface area contributed by atoms with Crippen molar-refractivity contribution in [2.45, 2.75) is 46.5 Å². The molecule has 138 valence electrons. The Bertz CT molecular complexity index is 825. The first kappa shape index (κ1) is 18.4. The van der Waals surface area contributed by atoms with Gasteiger partial charge in [0.25, 0.3) is 0 Å². The maximum atomic E-state index is 12.3. The molecule has 0 radical (unpaired) electrons. The number of rotatable bonds is 7. The summed E-state index contributed by atoms with van der Waals surface area (Å²) in [7, 11) is 0. The fourth-order valence-corrected chi connectivity index (χ4v) is 2.95. The Balaban J connectivity index is 1.87. The lowest BCUT2D eigenvalue weighted by Crippen LogP contribution is -2.16. The molecule has 0 bridgehead atoms. The summed E-state index contributed by atoms with van der Waals surface area (Å²) in [6.07, 6.45) is 5.78. The number of para-hydroxylation sites is 1. The van der Waals surface area contributed by atoms with E-state index in [0.717, 1.165) is 31.4 Å². The lowest BCUT2D eigenvalue weighted by atomic mass is 10.1. The Kier molecular flexibility index (Phi) is 5.55. The topological polar surface area (TPSA) is 56.5 Å². The molecule has 1 aliphatic carbocycles. The van der Waals surface area contributed by atoms with Gasteiger partial charge in [0.2, 0.25) is 11.8 Å². The Hall–Kier alpha value is -2.43. The molecule has 2 aromatic rings. The second-order valence-corrected chi connectivity index (χ2v) is 7.55. The second kappa shape index (κ2) is 7.85. The summed E-state index contributed by atoms with van der Waals surface area (Å²) in [5.41, 5.74) is 0.992. The quantitative estimate of drug-likeness (QED) is 0.709. The molecule has 5 heteroatoms. The smallest absolute Gasteiger partial charge is 0.249 e. The fourth-order valence-electron chi connectivity index (χ4n) is 2.95. The number of benzene rings is 1. The molecule has 1 amide bonds. The van der Waals surface area contributed by atoms with Crippen molar-refractivity contribution in [2.24, 2.45) is 16.3 Å². The second-order valence-electron chi connectivity index (χ2n) is 7.55. The molecule has 26 heavy (non-hydrogen) atoms. The Labute approximate surface area is 154 Å². The van der Waals surface area contributed by atoms with Crippen molar-refractivity contribution in [1.82, 2.24) is 9.78 Å². The van der Waals surface area contributed by atoms with Crippen LogP contribution in [0, 0.1) is 11.3 Å². The Morgan fingerprint density at radius 1 is 1.31 bits per heavy atom. The van der Waals surface area contributed by atoms with Gasteiger partial charge in [-0.05, 0) is 30.4 Å². The van der Waals surface area contributed by atoms with Crippen LogP contribution in [0.4, 0.5) is 0 Å². The highest BCUT2D eigenvalue weighted by molar-refractivity contribution is 5.83. The molecule has 1 fully saturated rings. The van der Waals surface area contributed by atoms with Crippen molar-refractivity contribution in [3.05, 3.63) is 48.0 Å². The zero-order valence-corrected chi connectivity index (χ0v) is 15.8. The molecule has 0 aliphatic heterocycles. The number of ether oxygens (including phenoxy) is 1. The van der Waals surface area contributed by atoms with Gasteiger partial charge in [-0.1, -0.05) is 51.8 Å². The van der Waals surface area contributed by atoms with E-state index in [1.54, 1.807) is 16.9 Å². The van der Waals surface area contributed by atoms with Gasteiger partial charge in [-0.15, -0.1) is 0 Å². The number of nitrogens with zero attached hydrogens (tertiary/aromatic N) is 3. The first-order valence-electron chi connectivity index (χ1n) is 9.37. The summed E-state index contributed by atoms with van der Waals surface area (Å²) in [4.78, 5) is 16.6. The van der Waals surface area contributed by atoms with Crippen LogP contribution in [0.3, 0.4) is 0 Å². The highest BCUT2D eigenvalue weighted by Crippen LogP contribution is 2.52. The molecule has 1 aromatic carbocycles. The first-order chi connectivity index (χ1) is 12.5. The monoisotopic (exact) mass is 353 g/mol. The van der Waals surface area contributed by atoms with Crippen molar-refractivity contribution < 1.29 is 9.53 Å². The van der Waals surface area contributed by atoms with Crippen molar-refractivity contribution in [2.75, 3.05) is 6.61 Å². The van der Waals surface area contributed by atoms with E-state index in [-0.39, 0.29) is 17.2 Å². The van der Waals surface area contributed by atoms with Crippen molar-refractivity contribution in [1.29, 1.82) is 0 Å². The lowest BCUT2D eigenvalue weighted by Gasteiger charge is -2.13. The summed E-state index contributed by atoms with van der Waals surface area (Å²) in [6.45, 7) is 6.98. The van der Waals surface area contributed by atoms with Crippen LogP contribution < -0.4 is 10.1 Å². The predicted molar refractivity (Wildman–Crippen MR) is 101 cm³/mol. The molecule has 1 atom stereocenters. The van der Waals surface area contributed by atoms with Crippen LogP contribution >= 0.6 is 0 Å². The van der Waals surface area contributed by atoms with Crippen LogP contribution in [0.2, 0.25) is 0 Å². The number of aromatic nitrogens is 2. The average Bonchev–Trinajstić information content (AvgIpc) is 3.28. The molecule has 1 unspecified atom stereocenters. The van der Waals surface area contributed by atoms with E-state index in [2.05, 4.69) is 30.9 Å². The number of hydrogen-bond acceptors (Lipinski definition) is 3. The van der Waals surface area contributed by atoms with Crippen LogP contribution in [0.25, 0.3) is 5.69 Å². The molecule has 0 saturated heterocycles. The van der Waals surface area contributed by atoms with Gasteiger partial charge in [0.15, 0.2) is 0 Å². The average molecular weight is 353 g/mol. The molecule has 3 rings (SSSR count). The standard InChI is InChI=1S/C21H27N3O2/c1-4-5-9-12-26-19-13-16(23-20(25)18-14-21(18,2)3)15-22-24(19)17-10-7-6-8-11-17/h6-8,10-11,13,15,18H,4-5,9,12,14H2,1-3H3/b23-16+. The zero-order valence-electron chi connectivity index (χ0n) is 15.8. The van der Waals surface area contributed by atoms with Gasteiger partial charge >= 0.3 is 0 Å². The van der Waals surface area contributed by atoms with Crippen LogP contribution in [-0.4, -0.2) is 22.3 Å². The van der Waals surface area contributed by atoms with Gasteiger partial charge in [0, 0.05) is 12.0 Å². The van der Waals surface area contributed by atoms with E-state index in [0.29, 0.717) is 17.8 Å². The minimum absolute atomic E-state index is 0.0258. The number of carbonyl (C=O) groups excluding carboxylic acids is 1. The predicted octanol–water partition coefficient (Wildman–Crippen LogP) is 3.91. The molecule has 1 aliphatic rings. The Morgan fingerprint density at radius 3 is 2.69 bits per heavy atom. The fraction of sp³-hybridized carbons (Fsp3) is 0.476. The minimum Gasteiger partial charge on any atom is -0.478 e. The number of amides is 1. The van der Waals surface area contributed by atoms with Crippen LogP contribution in [0.15, 0.2) is 47.6 Å². The van der Waals surface area contributed by atoms with E-state index in [1.807, 2.05) is 30.3 Å². The molecular formula is C21H27N3O2. The van der Waals surface area contributed by atoms with Gasteiger partial charge < -0.3 is 4.74 Å². The van der Waals surface area contributed by atoms with E-state index < -0.39 is 0 Å². The minimum atomic E-state index is -0.0637. The first-order valence-corrected chi connectivity index (χ1v) is 9.37. The van der Waals surface area contributed by atoms with Crippen LogP contribution in [0.1, 0.15) is 46.5 Å². The third kappa shape index (κ3) is 4.40. The molecule has 5 nitrogen and oxygen atoms in total. The summed E-state index contributed by atoms with van der Waals surface area (Å²) in [6, 6.07) is 11.6. The number of carbonyl (C=O) groups is 1. The largest absolute Gasteiger partial charge is 0.478 e. The molecular weight excluding hydrogens is 326 g/mol. The summed E-state index contributed by atoms with van der Waals surface area (Å²) in [5, 5.41) is 5.01. The van der Waals surface area contributed by atoms with Crippen LogP contribution in [0.5, 0.6) is 5.88 Å². The Morgan fingerprint density at radius 2 is 2.04 bits per heavy atom. The van der Waals surface area contributed by atoms with E-state index in [1.165, 1.54) is 0 Å². The number of hydrogen-bond donors (Lipinski definition) is 0. The molecule has 1 aromatic heterocycles. The number of unbranched alkanes of at least 4 members (excludes halogenated alkanes) is 2. The SMILES string of the molecule is CCCCCOc1c/c(=N\C(=O)C2CC2(C)C)cnn1-c1ccccc1. The van der Waals surface area contributed by atoms with Gasteiger partial charge in [0.1, 0.15) is 0 Å². The molecule has 1 saturated carbocycles. The summed E-state index contributed by atoms with van der Waals surface area (Å²) < 4.78 is 7.71. The van der Waals surface area contributed by atoms with E-state index >= 15 is 0 Å². The summed E-state index contributed by atoms with van der Waals surface area (Å²) in [5.74, 6) is 0.570. The summed E-state index contributed by atoms with van der Waals surface area (Å²) >= 11 is 0. The van der Waals surface area contributed by atoms with Gasteiger partial charge in [-0.2, -0.15) is 5.10 Å². The maximum absolute atomic E-state index is 12.3. The normalized spacial score (nSPS) is 18.6. The van der Waals surface area contributed by atoms with Crippen molar-refractivity contribution in [3.8, 4) is 11.6 Å². The molecule has 1 heterocycles. The van der Waals surface area contributed by atoms with Crippen molar-refractivity contribution >= 4 is 5.91 Å². The lowest BCUT2D eigenvalue weighted by molar-refractivity contribution is -0.119. The third-order valence-corrected chi connectivity index (χ3v) is 4.83. The molecule has 0 N–H and O–H groups in total. The van der Waals surface area contributed by atoms with Crippen LogP contribution in [-0.2, 0) is 4.79 Å². The third-order valence-electron chi connectivity index (χ3n) is 4.83. The molecule has 0 spiro atoms. The highest BCUT2D eigenvalue weighted by atomic mass is 16.5. The zero-order chi connectivity index (χ0) is 18.6. The maximum Gasteiger partial charge on any atom is 0.249 e. The van der Waals surface area contributed by atoms with E-state index in [4.69, 9.17) is 4.74 Å². The van der Waals surface area contributed by atoms with Gasteiger partial charge in [0.05, 0.1) is 23.8 Å².